The third-order valence-corrected chi connectivity index (χ3v) is 7.20. The summed E-state index contributed by atoms with van der Waals surface area (Å²) in [6.45, 7) is 2.88. The van der Waals surface area contributed by atoms with Crippen molar-refractivity contribution in [3.8, 4) is 23.0 Å². The molecular formula is C30H31ClF2N2O6. The molecule has 0 spiro atoms. The van der Waals surface area contributed by atoms with Gasteiger partial charge in [-0.25, -0.2) is 18.4 Å². The Hall–Kier alpha value is -3.89. The molecule has 1 fully saturated rings. The molecule has 3 aromatic carbocycles. The van der Waals surface area contributed by atoms with Crippen LogP contribution in [0.2, 0.25) is 5.02 Å². The number of hydrogen-bond donors (Lipinski definition) is 3. The summed E-state index contributed by atoms with van der Waals surface area (Å²) < 4.78 is 38.7. The second-order valence-electron chi connectivity index (χ2n) is 10.0. The van der Waals surface area contributed by atoms with Gasteiger partial charge >= 0.3 is 12.0 Å². The van der Waals surface area contributed by atoms with E-state index in [1.165, 1.54) is 42.5 Å². The van der Waals surface area contributed by atoms with E-state index in [1.54, 1.807) is 4.90 Å². The number of ether oxygens (including phenoxy) is 2. The highest BCUT2D eigenvalue weighted by Gasteiger charge is 2.33. The number of nitrogens with one attached hydrogen (secondary N) is 1. The molecule has 0 saturated carbocycles. The molecule has 0 unspecified atom stereocenters. The van der Waals surface area contributed by atoms with E-state index in [4.69, 9.17) is 21.1 Å². The van der Waals surface area contributed by atoms with Crippen molar-refractivity contribution < 1.29 is 38.1 Å². The number of unbranched alkanes of at least 4 members (excludes halogenated alkanes) is 2. The number of hydrogen-bond acceptors (Lipinski definition) is 5. The largest absolute Gasteiger partial charge is 0.478 e. The summed E-state index contributed by atoms with van der Waals surface area (Å²) in [6, 6.07) is 11.2. The van der Waals surface area contributed by atoms with Gasteiger partial charge in [0.1, 0.15) is 23.0 Å². The van der Waals surface area contributed by atoms with E-state index in [0.29, 0.717) is 38.0 Å². The fourth-order valence-electron chi connectivity index (χ4n) is 4.59. The van der Waals surface area contributed by atoms with E-state index >= 15 is 0 Å². The summed E-state index contributed by atoms with van der Waals surface area (Å²) in [4.78, 5) is 26.0. The van der Waals surface area contributed by atoms with Gasteiger partial charge in [-0.2, -0.15) is 0 Å². The zero-order valence-electron chi connectivity index (χ0n) is 22.5. The van der Waals surface area contributed by atoms with Crippen LogP contribution in [0.3, 0.4) is 0 Å². The minimum Gasteiger partial charge on any atom is -0.478 e. The first-order valence-corrected chi connectivity index (χ1v) is 13.7. The number of anilines is 1. The van der Waals surface area contributed by atoms with Gasteiger partial charge in [0.05, 0.1) is 16.2 Å². The molecule has 3 aromatic rings. The molecule has 3 N–H and O–H groups in total. The summed E-state index contributed by atoms with van der Waals surface area (Å²) in [5.41, 5.74) is -0.578. The quantitative estimate of drug-likeness (QED) is 0.208. The third kappa shape index (κ3) is 8.08. The van der Waals surface area contributed by atoms with E-state index in [9.17, 15) is 28.6 Å². The second-order valence-corrected chi connectivity index (χ2v) is 10.4. The van der Waals surface area contributed by atoms with Crippen LogP contribution >= 0.6 is 11.6 Å². The fourth-order valence-corrected chi connectivity index (χ4v) is 4.84. The van der Waals surface area contributed by atoms with E-state index < -0.39 is 23.2 Å². The molecule has 0 bridgehead atoms. The Morgan fingerprint density at radius 2 is 1.56 bits per heavy atom. The number of carbonyl (C=O) groups is 2. The number of nitrogens with zero attached hydrogens (tertiary/aromatic N) is 1. The van der Waals surface area contributed by atoms with Gasteiger partial charge in [-0.15, -0.1) is 0 Å². The van der Waals surface area contributed by atoms with Crippen LogP contribution in [0.5, 0.6) is 23.0 Å². The molecule has 41 heavy (non-hydrogen) atoms. The van der Waals surface area contributed by atoms with Crippen molar-refractivity contribution in [2.45, 2.75) is 51.0 Å². The normalized spacial score (nSPS) is 14.4. The number of rotatable bonds is 10. The molecule has 0 atom stereocenters. The Morgan fingerprint density at radius 1 is 0.927 bits per heavy atom. The molecule has 0 aliphatic carbocycles. The Kier molecular flexibility index (Phi) is 9.67. The standard InChI is InChI=1S/C30H31ClF2N2O6/c1-2-3-4-9-30(39)10-12-35(13-11-30)29(38)34-19-14-22(40-20-5-7-24(28(36)37)25(31)17-20)16-23(15-19)41-21-6-8-26(32)27(33)18-21/h5-8,14-18,39H,2-4,9-13H2,1H3,(H,34,38)(H,36,37). The van der Waals surface area contributed by atoms with Crippen molar-refractivity contribution in [3.63, 3.8) is 0 Å². The highest BCUT2D eigenvalue weighted by atomic mass is 35.5. The molecule has 1 aliphatic heterocycles. The lowest BCUT2D eigenvalue weighted by molar-refractivity contribution is -0.0196. The number of carboxylic acids is 1. The average molecular weight is 589 g/mol. The van der Waals surface area contributed by atoms with Gasteiger partial charge in [0.2, 0.25) is 0 Å². The van der Waals surface area contributed by atoms with Crippen LogP contribution in [0.25, 0.3) is 0 Å². The summed E-state index contributed by atoms with van der Waals surface area (Å²) >= 11 is 6.07. The average Bonchev–Trinajstić information content (AvgIpc) is 2.91. The number of amides is 2. The Bertz CT molecular complexity index is 1410. The molecule has 2 amide bonds. The monoisotopic (exact) mass is 588 g/mol. The number of piperidine rings is 1. The van der Waals surface area contributed by atoms with E-state index in [-0.39, 0.29) is 39.6 Å². The van der Waals surface area contributed by atoms with Crippen molar-refractivity contribution in [2.24, 2.45) is 0 Å². The van der Waals surface area contributed by atoms with Crippen LogP contribution in [0, 0.1) is 11.6 Å². The maximum atomic E-state index is 13.8. The summed E-state index contributed by atoms with van der Waals surface area (Å²) in [6.07, 6.45) is 4.72. The molecular weight excluding hydrogens is 558 g/mol. The lowest BCUT2D eigenvalue weighted by atomic mass is 9.86. The first-order chi connectivity index (χ1) is 19.5. The maximum Gasteiger partial charge on any atom is 0.337 e. The lowest BCUT2D eigenvalue weighted by Gasteiger charge is -2.38. The number of halogens is 3. The molecule has 1 aliphatic rings. The first kappa shape index (κ1) is 30.1. The number of benzene rings is 3. The van der Waals surface area contributed by atoms with Gasteiger partial charge in [0.25, 0.3) is 0 Å². The predicted octanol–water partition coefficient (Wildman–Crippen LogP) is 7.84. The zero-order valence-corrected chi connectivity index (χ0v) is 23.2. The van der Waals surface area contributed by atoms with Crippen LogP contribution < -0.4 is 14.8 Å². The molecule has 218 valence electrons. The predicted molar refractivity (Wildman–Crippen MR) is 150 cm³/mol. The van der Waals surface area contributed by atoms with E-state index in [1.807, 2.05) is 0 Å². The maximum absolute atomic E-state index is 13.8. The van der Waals surface area contributed by atoms with Crippen molar-refractivity contribution in [2.75, 3.05) is 18.4 Å². The molecule has 0 aromatic heterocycles. The lowest BCUT2D eigenvalue weighted by Crippen LogP contribution is -2.48. The van der Waals surface area contributed by atoms with Gasteiger partial charge in [0.15, 0.2) is 11.6 Å². The molecule has 1 saturated heterocycles. The molecule has 0 radical (unpaired) electrons. The van der Waals surface area contributed by atoms with Crippen LogP contribution in [-0.4, -0.2) is 45.8 Å². The second kappa shape index (κ2) is 13.2. The van der Waals surface area contributed by atoms with Crippen LogP contribution in [-0.2, 0) is 0 Å². The SMILES string of the molecule is CCCCCC1(O)CCN(C(=O)Nc2cc(Oc3ccc(F)c(F)c3)cc(Oc3ccc(C(=O)O)c(Cl)c3)c2)CC1. The molecule has 11 heteroatoms. The van der Waals surface area contributed by atoms with Gasteiger partial charge in [-0.1, -0.05) is 37.8 Å². The van der Waals surface area contributed by atoms with Crippen LogP contribution in [0.4, 0.5) is 19.3 Å². The zero-order chi connectivity index (χ0) is 29.6. The van der Waals surface area contributed by atoms with Crippen LogP contribution in [0.1, 0.15) is 55.8 Å². The van der Waals surface area contributed by atoms with Crippen molar-refractivity contribution in [1.29, 1.82) is 0 Å². The van der Waals surface area contributed by atoms with Crippen molar-refractivity contribution >= 4 is 29.3 Å². The van der Waals surface area contributed by atoms with E-state index in [0.717, 1.165) is 31.4 Å². The van der Waals surface area contributed by atoms with Gasteiger partial charge in [-0.3, -0.25) is 0 Å². The molecule has 8 nitrogen and oxygen atoms in total. The Balaban J connectivity index is 1.53. The number of urea groups is 1. The van der Waals surface area contributed by atoms with Gasteiger partial charge < -0.3 is 29.9 Å². The Morgan fingerprint density at radius 3 is 2.15 bits per heavy atom. The highest BCUT2D eigenvalue weighted by Crippen LogP contribution is 2.35. The number of aromatic carboxylic acids is 1. The van der Waals surface area contributed by atoms with Crippen molar-refractivity contribution in [1.82, 2.24) is 4.90 Å². The van der Waals surface area contributed by atoms with Gasteiger partial charge in [0, 0.05) is 49.1 Å². The third-order valence-electron chi connectivity index (χ3n) is 6.89. The molecule has 4 rings (SSSR count). The Labute approximate surface area is 241 Å². The summed E-state index contributed by atoms with van der Waals surface area (Å²) in [7, 11) is 0. The first-order valence-electron chi connectivity index (χ1n) is 13.3. The summed E-state index contributed by atoms with van der Waals surface area (Å²) in [5.74, 6) is -2.71. The topological polar surface area (TPSA) is 108 Å². The smallest absolute Gasteiger partial charge is 0.337 e. The van der Waals surface area contributed by atoms with Gasteiger partial charge in [-0.05, 0) is 43.5 Å². The highest BCUT2D eigenvalue weighted by molar-refractivity contribution is 6.33. The minimum absolute atomic E-state index is 0.0190. The summed E-state index contributed by atoms with van der Waals surface area (Å²) in [5, 5.41) is 22.9. The number of carboxylic acid groups (broad SMARTS) is 1. The van der Waals surface area contributed by atoms with Crippen molar-refractivity contribution in [3.05, 3.63) is 76.8 Å². The van der Waals surface area contributed by atoms with E-state index in [2.05, 4.69) is 12.2 Å². The minimum atomic E-state index is -1.19. The number of aliphatic hydroxyl groups is 1. The van der Waals surface area contributed by atoms with Crippen LogP contribution in [0.15, 0.2) is 54.6 Å². The number of carbonyl (C=O) groups excluding carboxylic acids is 1. The molecule has 1 heterocycles. The number of likely N-dealkylation sites (tertiary alicyclic amines) is 1. The fraction of sp³-hybridized carbons (Fsp3) is 0.333.